The summed E-state index contributed by atoms with van der Waals surface area (Å²) in [4.78, 5) is 5.84. The van der Waals surface area contributed by atoms with Crippen molar-refractivity contribution in [2.45, 2.75) is 44.9 Å². The fraction of sp³-hybridized carbons (Fsp3) is 0.438. The van der Waals surface area contributed by atoms with Crippen LogP contribution in [0.5, 0.6) is 0 Å². The zero-order valence-corrected chi connectivity index (χ0v) is 12.3. The molecule has 0 atom stereocenters. The fourth-order valence-corrected chi connectivity index (χ4v) is 3.51. The predicted molar refractivity (Wildman–Crippen MR) is 81.6 cm³/mol. The molecular formula is C16H20N2OS. The number of nitrogens with zero attached hydrogens (tertiary/aromatic N) is 1. The van der Waals surface area contributed by atoms with E-state index in [1.165, 1.54) is 34.7 Å². The average molecular weight is 288 g/mol. The van der Waals surface area contributed by atoms with Gasteiger partial charge in [-0.05, 0) is 24.0 Å². The zero-order valence-electron chi connectivity index (χ0n) is 11.5. The van der Waals surface area contributed by atoms with Gasteiger partial charge in [-0.1, -0.05) is 30.7 Å². The summed E-state index contributed by atoms with van der Waals surface area (Å²) >= 11 is 1.84. The number of aromatic nitrogens is 1. The molecule has 0 aliphatic heterocycles. The van der Waals surface area contributed by atoms with E-state index < -0.39 is 0 Å². The lowest BCUT2D eigenvalue weighted by Crippen LogP contribution is -2.13. The maximum Gasteiger partial charge on any atom is 0.0959 e. The summed E-state index contributed by atoms with van der Waals surface area (Å²) in [6.45, 7) is 1.74. The van der Waals surface area contributed by atoms with Crippen molar-refractivity contribution in [1.82, 2.24) is 10.3 Å². The number of aliphatic hydroxyl groups excluding tert-OH is 1. The molecule has 1 fully saturated rings. The predicted octanol–water partition coefficient (Wildman–Crippen LogP) is 3.19. The van der Waals surface area contributed by atoms with Gasteiger partial charge in [0.15, 0.2) is 0 Å². The molecule has 0 radical (unpaired) electrons. The third-order valence-electron chi connectivity index (χ3n) is 3.93. The topological polar surface area (TPSA) is 45.1 Å². The van der Waals surface area contributed by atoms with Gasteiger partial charge in [-0.2, -0.15) is 0 Å². The van der Waals surface area contributed by atoms with Crippen molar-refractivity contribution in [2.24, 2.45) is 0 Å². The quantitative estimate of drug-likeness (QED) is 0.858. The molecule has 1 saturated carbocycles. The number of nitrogens with one attached hydrogen (secondary N) is 1. The molecule has 0 spiro atoms. The Hall–Kier alpha value is -1.23. The highest BCUT2D eigenvalue weighted by atomic mass is 32.1. The standard InChI is InChI=1S/C16H20N2OS/c19-11-14-5-2-1-4-13(14)8-17-9-15-10-18-16(20-15)12-6-3-7-12/h1-2,4-5,10,12,17,19H,3,6-9,11H2. The van der Waals surface area contributed by atoms with Crippen LogP contribution in [0.1, 0.15) is 46.2 Å². The van der Waals surface area contributed by atoms with Gasteiger partial charge in [0.05, 0.1) is 11.6 Å². The van der Waals surface area contributed by atoms with E-state index in [-0.39, 0.29) is 6.61 Å². The van der Waals surface area contributed by atoms with Crippen LogP contribution in [0, 0.1) is 0 Å². The molecule has 2 N–H and O–H groups in total. The molecule has 0 unspecified atom stereocenters. The molecule has 0 amide bonds. The summed E-state index contributed by atoms with van der Waals surface area (Å²) in [5, 5.41) is 14.0. The second-order valence-corrected chi connectivity index (χ2v) is 6.47. The van der Waals surface area contributed by atoms with Crippen molar-refractivity contribution < 1.29 is 5.11 Å². The van der Waals surface area contributed by atoms with E-state index in [4.69, 9.17) is 0 Å². The maximum atomic E-state index is 9.30. The Balaban J connectivity index is 1.53. The molecule has 1 heterocycles. The smallest absolute Gasteiger partial charge is 0.0959 e. The van der Waals surface area contributed by atoms with E-state index in [1.807, 2.05) is 35.7 Å². The average Bonchev–Trinajstić information content (AvgIpc) is 2.86. The van der Waals surface area contributed by atoms with Crippen LogP contribution in [0.3, 0.4) is 0 Å². The summed E-state index contributed by atoms with van der Waals surface area (Å²) in [5.74, 6) is 0.726. The van der Waals surface area contributed by atoms with Crippen molar-refractivity contribution >= 4 is 11.3 Å². The van der Waals surface area contributed by atoms with Crippen LogP contribution in [-0.2, 0) is 19.7 Å². The van der Waals surface area contributed by atoms with E-state index in [1.54, 1.807) is 0 Å². The molecule has 0 saturated heterocycles. The third-order valence-corrected chi connectivity index (χ3v) is 5.09. The first kappa shape index (κ1) is 13.7. The van der Waals surface area contributed by atoms with Crippen LogP contribution < -0.4 is 5.32 Å². The van der Waals surface area contributed by atoms with Gasteiger partial charge in [-0.15, -0.1) is 11.3 Å². The van der Waals surface area contributed by atoms with Crippen LogP contribution in [0.15, 0.2) is 30.5 Å². The van der Waals surface area contributed by atoms with Gasteiger partial charge >= 0.3 is 0 Å². The molecule has 4 heteroatoms. The third kappa shape index (κ3) is 3.08. The minimum absolute atomic E-state index is 0.101. The van der Waals surface area contributed by atoms with Crippen LogP contribution in [0.25, 0.3) is 0 Å². The molecule has 1 aliphatic rings. The first-order chi connectivity index (χ1) is 9.86. The molecule has 3 rings (SSSR count). The molecule has 0 bridgehead atoms. The van der Waals surface area contributed by atoms with Gasteiger partial charge in [-0.25, -0.2) is 4.98 Å². The molecule has 1 aromatic carbocycles. The van der Waals surface area contributed by atoms with E-state index in [9.17, 15) is 5.11 Å². The van der Waals surface area contributed by atoms with Gasteiger partial charge in [0.1, 0.15) is 0 Å². The molecular weight excluding hydrogens is 268 g/mol. The molecule has 1 aliphatic carbocycles. The number of rotatable bonds is 6. The monoisotopic (exact) mass is 288 g/mol. The van der Waals surface area contributed by atoms with Crippen molar-refractivity contribution in [2.75, 3.05) is 0 Å². The van der Waals surface area contributed by atoms with E-state index >= 15 is 0 Å². The summed E-state index contributed by atoms with van der Waals surface area (Å²) in [5.41, 5.74) is 2.16. The van der Waals surface area contributed by atoms with Crippen molar-refractivity contribution in [1.29, 1.82) is 0 Å². The summed E-state index contributed by atoms with van der Waals surface area (Å²) < 4.78 is 0. The van der Waals surface area contributed by atoms with Crippen LogP contribution in [-0.4, -0.2) is 10.1 Å². The van der Waals surface area contributed by atoms with Crippen LogP contribution in [0.2, 0.25) is 0 Å². The van der Waals surface area contributed by atoms with E-state index in [0.717, 1.165) is 24.6 Å². The van der Waals surface area contributed by atoms with Gasteiger partial charge in [-0.3, -0.25) is 0 Å². The lowest BCUT2D eigenvalue weighted by molar-refractivity contribution is 0.280. The number of thiazole rings is 1. The van der Waals surface area contributed by atoms with Crippen molar-refractivity contribution in [3.8, 4) is 0 Å². The van der Waals surface area contributed by atoms with E-state index in [2.05, 4.69) is 16.4 Å². The second kappa shape index (κ2) is 6.48. The molecule has 20 heavy (non-hydrogen) atoms. The van der Waals surface area contributed by atoms with Gasteiger partial charge in [0.25, 0.3) is 0 Å². The fourth-order valence-electron chi connectivity index (χ4n) is 2.45. The van der Waals surface area contributed by atoms with Crippen LogP contribution in [0.4, 0.5) is 0 Å². The normalized spacial score (nSPS) is 15.2. The summed E-state index contributed by atoms with van der Waals surface area (Å²) in [7, 11) is 0. The summed E-state index contributed by atoms with van der Waals surface area (Å²) in [6.07, 6.45) is 5.98. The highest BCUT2D eigenvalue weighted by Crippen LogP contribution is 2.38. The van der Waals surface area contributed by atoms with E-state index in [0.29, 0.717) is 0 Å². The Bertz CT molecular complexity index is 563. The highest BCUT2D eigenvalue weighted by molar-refractivity contribution is 7.11. The molecule has 3 nitrogen and oxygen atoms in total. The van der Waals surface area contributed by atoms with Crippen molar-refractivity contribution in [3.63, 3.8) is 0 Å². The Labute approximate surface area is 123 Å². The van der Waals surface area contributed by atoms with Gasteiger partial charge < -0.3 is 10.4 Å². The second-order valence-electron chi connectivity index (χ2n) is 5.32. The summed E-state index contributed by atoms with van der Waals surface area (Å²) in [6, 6.07) is 8.00. The Kier molecular flexibility index (Phi) is 4.45. The number of hydrogen-bond acceptors (Lipinski definition) is 4. The SMILES string of the molecule is OCc1ccccc1CNCc1cnc(C2CCC2)s1. The highest BCUT2D eigenvalue weighted by Gasteiger charge is 2.22. The molecule has 1 aromatic heterocycles. The first-order valence-electron chi connectivity index (χ1n) is 7.20. The number of hydrogen-bond donors (Lipinski definition) is 2. The molecule has 106 valence electrons. The minimum atomic E-state index is 0.101. The largest absolute Gasteiger partial charge is 0.392 e. The lowest BCUT2D eigenvalue weighted by atomic mass is 9.86. The lowest BCUT2D eigenvalue weighted by Gasteiger charge is -2.22. The maximum absolute atomic E-state index is 9.30. The van der Waals surface area contributed by atoms with Crippen molar-refractivity contribution in [3.05, 3.63) is 51.5 Å². The van der Waals surface area contributed by atoms with Gasteiger partial charge in [0, 0.05) is 30.1 Å². The zero-order chi connectivity index (χ0) is 13.8. The van der Waals surface area contributed by atoms with Gasteiger partial charge in [0.2, 0.25) is 0 Å². The Morgan fingerprint density at radius 3 is 2.70 bits per heavy atom. The Morgan fingerprint density at radius 1 is 1.20 bits per heavy atom. The number of benzene rings is 1. The Morgan fingerprint density at radius 2 is 2.00 bits per heavy atom. The first-order valence-corrected chi connectivity index (χ1v) is 8.01. The number of aliphatic hydroxyl groups is 1. The molecule has 2 aromatic rings. The van der Waals surface area contributed by atoms with Crippen LogP contribution >= 0.6 is 11.3 Å². The minimum Gasteiger partial charge on any atom is -0.392 e.